The molecule has 0 rings (SSSR count). The molecule has 0 unspecified atom stereocenters. The van der Waals surface area contributed by atoms with Gasteiger partial charge < -0.3 is 22.2 Å². The second-order valence-electron chi connectivity index (χ2n) is 10.8. The topological polar surface area (TPSA) is 29.1 Å². The third-order valence-electron chi connectivity index (χ3n) is 6.89. The molecular formula is C29H61ClN2O. The normalized spacial score (nSPS) is 11.4. The van der Waals surface area contributed by atoms with Gasteiger partial charge in [0.1, 0.15) is 0 Å². The van der Waals surface area contributed by atoms with Gasteiger partial charge in [-0.1, -0.05) is 117 Å². The molecule has 4 heteroatoms. The van der Waals surface area contributed by atoms with E-state index in [1.165, 1.54) is 122 Å². The van der Waals surface area contributed by atoms with Crippen molar-refractivity contribution in [2.24, 2.45) is 0 Å². The van der Waals surface area contributed by atoms with Crippen LogP contribution in [0.4, 0.5) is 0 Å². The number of halogens is 1. The minimum absolute atomic E-state index is 0. The molecule has 0 saturated carbocycles. The lowest BCUT2D eigenvalue weighted by molar-refractivity contribution is -0.890. The fourth-order valence-corrected chi connectivity index (χ4v) is 4.56. The molecule has 0 fully saturated rings. The quantitative estimate of drug-likeness (QED) is 0.135. The van der Waals surface area contributed by atoms with Crippen LogP contribution in [-0.4, -0.2) is 44.1 Å². The van der Waals surface area contributed by atoms with Gasteiger partial charge in [0, 0.05) is 19.4 Å². The summed E-state index contributed by atoms with van der Waals surface area (Å²) in [4.78, 5) is 12.0. The number of carbonyl (C=O) groups excluding carboxylic acids is 1. The molecule has 200 valence electrons. The standard InChI is InChI=1S/C29H60N2O.ClH/c1-5-7-9-11-13-14-15-16-17-19-21-23-27-31(3,4)28-24-26-30-29(32)25-22-20-18-12-10-8-6-2;/h5-28H2,1-4H3;1H. The maximum Gasteiger partial charge on any atom is 0.219 e. The van der Waals surface area contributed by atoms with Crippen molar-refractivity contribution in [1.29, 1.82) is 0 Å². The summed E-state index contributed by atoms with van der Waals surface area (Å²) < 4.78 is 1.09. The lowest BCUT2D eigenvalue weighted by atomic mass is 10.1. The molecule has 0 radical (unpaired) electrons. The van der Waals surface area contributed by atoms with E-state index < -0.39 is 0 Å². The molecule has 0 aliphatic carbocycles. The molecule has 0 aromatic heterocycles. The van der Waals surface area contributed by atoms with Crippen molar-refractivity contribution in [3.8, 4) is 0 Å². The lowest BCUT2D eigenvalue weighted by Crippen LogP contribution is -3.00. The highest BCUT2D eigenvalue weighted by molar-refractivity contribution is 5.75. The molecule has 0 aliphatic rings. The van der Waals surface area contributed by atoms with Crippen LogP contribution in [0.1, 0.15) is 149 Å². The summed E-state index contributed by atoms with van der Waals surface area (Å²) in [6, 6.07) is 0. The third kappa shape index (κ3) is 27.8. The van der Waals surface area contributed by atoms with Crippen LogP contribution in [-0.2, 0) is 4.79 Å². The number of hydrogen-bond acceptors (Lipinski definition) is 1. The summed E-state index contributed by atoms with van der Waals surface area (Å²) in [5.41, 5.74) is 0. The van der Waals surface area contributed by atoms with Crippen molar-refractivity contribution in [1.82, 2.24) is 5.32 Å². The van der Waals surface area contributed by atoms with E-state index in [0.717, 1.165) is 30.4 Å². The van der Waals surface area contributed by atoms with Gasteiger partial charge in [-0.15, -0.1) is 0 Å². The summed E-state index contributed by atoms with van der Waals surface area (Å²) in [6.45, 7) is 7.82. The minimum atomic E-state index is 0. The van der Waals surface area contributed by atoms with Crippen molar-refractivity contribution in [2.45, 2.75) is 149 Å². The van der Waals surface area contributed by atoms with Gasteiger partial charge in [-0.25, -0.2) is 0 Å². The maximum absolute atomic E-state index is 12.0. The van der Waals surface area contributed by atoms with Crippen molar-refractivity contribution < 1.29 is 21.7 Å². The predicted octanol–water partition coefficient (Wildman–Crippen LogP) is 5.41. The molecule has 1 amide bonds. The van der Waals surface area contributed by atoms with Crippen molar-refractivity contribution in [3.05, 3.63) is 0 Å². The van der Waals surface area contributed by atoms with E-state index in [9.17, 15) is 4.79 Å². The van der Waals surface area contributed by atoms with Crippen LogP contribution in [0.25, 0.3) is 0 Å². The zero-order valence-electron chi connectivity index (χ0n) is 23.2. The molecule has 0 aromatic rings. The molecule has 3 nitrogen and oxygen atoms in total. The summed E-state index contributed by atoms with van der Waals surface area (Å²) in [5, 5.41) is 3.13. The molecule has 0 bridgehead atoms. The highest BCUT2D eigenvalue weighted by atomic mass is 35.5. The summed E-state index contributed by atoms with van der Waals surface area (Å²) >= 11 is 0. The molecule has 0 saturated heterocycles. The molecule has 1 N–H and O–H groups in total. The average molecular weight is 489 g/mol. The average Bonchev–Trinajstić information content (AvgIpc) is 2.77. The Balaban J connectivity index is 0. The van der Waals surface area contributed by atoms with Gasteiger partial charge in [0.15, 0.2) is 0 Å². The van der Waals surface area contributed by atoms with E-state index >= 15 is 0 Å². The molecule has 0 aliphatic heterocycles. The van der Waals surface area contributed by atoms with Crippen LogP contribution < -0.4 is 17.7 Å². The Morgan fingerprint density at radius 3 is 1.36 bits per heavy atom. The first kappa shape index (κ1) is 34.9. The Morgan fingerprint density at radius 2 is 0.909 bits per heavy atom. The molecular weight excluding hydrogens is 428 g/mol. The van der Waals surface area contributed by atoms with E-state index in [1.54, 1.807) is 0 Å². The number of hydrogen-bond donors (Lipinski definition) is 1. The molecule has 33 heavy (non-hydrogen) atoms. The van der Waals surface area contributed by atoms with Gasteiger partial charge in [0.2, 0.25) is 5.91 Å². The van der Waals surface area contributed by atoms with Crippen LogP contribution in [0, 0.1) is 0 Å². The Kier molecular flexibility index (Phi) is 27.8. The highest BCUT2D eigenvalue weighted by Crippen LogP contribution is 2.13. The second-order valence-corrected chi connectivity index (χ2v) is 10.8. The Bertz CT molecular complexity index is 401. The first-order valence-corrected chi connectivity index (χ1v) is 14.6. The summed E-state index contributed by atoms with van der Waals surface area (Å²) in [6.07, 6.45) is 27.7. The van der Waals surface area contributed by atoms with E-state index in [-0.39, 0.29) is 18.3 Å². The van der Waals surface area contributed by atoms with E-state index in [0.29, 0.717) is 6.42 Å². The van der Waals surface area contributed by atoms with Crippen LogP contribution >= 0.6 is 0 Å². The van der Waals surface area contributed by atoms with Crippen LogP contribution in [0.3, 0.4) is 0 Å². The van der Waals surface area contributed by atoms with Gasteiger partial charge in [-0.05, 0) is 19.3 Å². The maximum atomic E-state index is 12.0. The first-order valence-electron chi connectivity index (χ1n) is 14.6. The highest BCUT2D eigenvalue weighted by Gasteiger charge is 2.14. The van der Waals surface area contributed by atoms with Gasteiger partial charge in [0.25, 0.3) is 0 Å². The zero-order chi connectivity index (χ0) is 23.8. The SMILES string of the molecule is CCCCCCCCCCCCCC[N+](C)(C)CCCNC(=O)CCCCCCCCC.[Cl-]. The number of unbranched alkanes of at least 4 members (excludes halogenated alkanes) is 17. The van der Waals surface area contributed by atoms with Crippen molar-refractivity contribution >= 4 is 5.91 Å². The van der Waals surface area contributed by atoms with Crippen LogP contribution in [0.2, 0.25) is 0 Å². The molecule has 0 atom stereocenters. The van der Waals surface area contributed by atoms with Crippen molar-refractivity contribution in [3.63, 3.8) is 0 Å². The number of quaternary nitrogens is 1. The number of rotatable bonds is 25. The number of carbonyl (C=O) groups is 1. The monoisotopic (exact) mass is 488 g/mol. The smallest absolute Gasteiger partial charge is 0.219 e. The van der Waals surface area contributed by atoms with Crippen LogP contribution in [0.15, 0.2) is 0 Å². The number of nitrogens with zero attached hydrogens (tertiary/aromatic N) is 1. The number of nitrogens with one attached hydrogen (secondary N) is 1. The Morgan fingerprint density at radius 1 is 0.545 bits per heavy atom. The fourth-order valence-electron chi connectivity index (χ4n) is 4.56. The summed E-state index contributed by atoms with van der Waals surface area (Å²) in [7, 11) is 4.69. The molecule has 0 spiro atoms. The Labute approximate surface area is 215 Å². The van der Waals surface area contributed by atoms with Crippen LogP contribution in [0.5, 0.6) is 0 Å². The zero-order valence-corrected chi connectivity index (χ0v) is 24.0. The van der Waals surface area contributed by atoms with Gasteiger partial charge in [-0.2, -0.15) is 0 Å². The predicted molar refractivity (Wildman–Crippen MR) is 143 cm³/mol. The van der Waals surface area contributed by atoms with Gasteiger partial charge in [0.05, 0.1) is 27.2 Å². The van der Waals surface area contributed by atoms with E-state index in [2.05, 4.69) is 33.3 Å². The molecule has 0 heterocycles. The second kappa shape index (κ2) is 26.3. The molecule has 0 aromatic carbocycles. The first-order chi connectivity index (χ1) is 15.5. The fraction of sp³-hybridized carbons (Fsp3) is 0.966. The van der Waals surface area contributed by atoms with Gasteiger partial charge >= 0.3 is 0 Å². The largest absolute Gasteiger partial charge is 1.00 e. The Hall–Kier alpha value is -0.280. The van der Waals surface area contributed by atoms with E-state index in [4.69, 9.17) is 0 Å². The number of amides is 1. The lowest BCUT2D eigenvalue weighted by Gasteiger charge is -2.30. The van der Waals surface area contributed by atoms with E-state index in [1.807, 2.05) is 0 Å². The third-order valence-corrected chi connectivity index (χ3v) is 6.89. The van der Waals surface area contributed by atoms with Crippen molar-refractivity contribution in [2.75, 3.05) is 33.7 Å². The summed E-state index contributed by atoms with van der Waals surface area (Å²) in [5.74, 6) is 0.254. The van der Waals surface area contributed by atoms with Gasteiger partial charge in [-0.3, -0.25) is 4.79 Å². The minimum Gasteiger partial charge on any atom is -1.00 e.